The molecule has 0 saturated carbocycles. The number of pyridine rings is 1. The molecule has 0 bridgehead atoms. The van der Waals surface area contributed by atoms with Crippen molar-refractivity contribution in [1.82, 2.24) is 4.98 Å². The Balaban J connectivity index is 1.94. The highest BCUT2D eigenvalue weighted by molar-refractivity contribution is 5.88. The maximum Gasteiger partial charge on any atom is 0.354 e. The fourth-order valence-electron chi connectivity index (χ4n) is 3.73. The van der Waals surface area contributed by atoms with Crippen LogP contribution in [-0.4, -0.2) is 72.9 Å². The number of aromatic hydroxyl groups is 1. The number of benzene rings is 1. The Morgan fingerprint density at radius 1 is 1.14 bits per heavy atom. The van der Waals surface area contributed by atoms with Crippen LogP contribution in [0.3, 0.4) is 0 Å². The van der Waals surface area contributed by atoms with E-state index in [1.807, 2.05) is 0 Å². The molecular formula is C23H21N3O11. The van der Waals surface area contributed by atoms with Crippen LogP contribution in [0.15, 0.2) is 30.5 Å². The number of aliphatic carboxylic acids is 3. The molecule has 1 aliphatic rings. The maximum absolute atomic E-state index is 11.9. The highest BCUT2D eigenvalue weighted by Gasteiger charge is 2.34. The van der Waals surface area contributed by atoms with Gasteiger partial charge in [0.1, 0.15) is 17.8 Å². The van der Waals surface area contributed by atoms with Gasteiger partial charge in [0.25, 0.3) is 6.47 Å². The minimum absolute atomic E-state index is 0.0117. The summed E-state index contributed by atoms with van der Waals surface area (Å²) in [5, 5.41) is 50.2. The number of aromatic carboxylic acids is 1. The zero-order valence-corrected chi connectivity index (χ0v) is 18.9. The van der Waals surface area contributed by atoms with Gasteiger partial charge in [-0.1, -0.05) is 0 Å². The predicted molar refractivity (Wildman–Crippen MR) is 125 cm³/mol. The molecule has 0 fully saturated rings. The maximum atomic E-state index is 11.9. The molecule has 0 unspecified atom stereocenters. The number of anilines is 2. The van der Waals surface area contributed by atoms with E-state index in [-0.39, 0.29) is 36.4 Å². The summed E-state index contributed by atoms with van der Waals surface area (Å²) >= 11 is 0. The van der Waals surface area contributed by atoms with E-state index in [4.69, 9.17) is 5.11 Å². The highest BCUT2D eigenvalue weighted by Crippen LogP contribution is 2.40. The number of carboxylic acids is 4. The SMILES string of the molecule is O=COc1cc(/C=C/N2c3cc(O)c(N[C@@H](CCC(=O)O)C(=O)O)cc3C[C@H]2C(=O)O)cc(C(=O)O)n1. The Morgan fingerprint density at radius 3 is 2.46 bits per heavy atom. The first kappa shape index (κ1) is 26.5. The second-order valence-electron chi connectivity index (χ2n) is 7.89. The highest BCUT2D eigenvalue weighted by atomic mass is 16.5. The van der Waals surface area contributed by atoms with E-state index in [2.05, 4.69) is 15.0 Å². The largest absolute Gasteiger partial charge is 0.506 e. The Morgan fingerprint density at radius 2 is 1.86 bits per heavy atom. The summed E-state index contributed by atoms with van der Waals surface area (Å²) in [6.07, 6.45) is 2.01. The Hall–Kier alpha value is -5.14. The van der Waals surface area contributed by atoms with Crippen molar-refractivity contribution in [3.63, 3.8) is 0 Å². The lowest BCUT2D eigenvalue weighted by atomic mass is 10.1. The number of carbonyl (C=O) groups excluding carboxylic acids is 1. The van der Waals surface area contributed by atoms with E-state index in [0.29, 0.717) is 11.3 Å². The van der Waals surface area contributed by atoms with Gasteiger partial charge in [0.15, 0.2) is 5.69 Å². The lowest BCUT2D eigenvalue weighted by Gasteiger charge is -2.21. The van der Waals surface area contributed by atoms with Gasteiger partial charge in [-0.25, -0.2) is 19.4 Å². The van der Waals surface area contributed by atoms with Crippen LogP contribution in [0.1, 0.15) is 34.5 Å². The number of rotatable bonds is 12. The molecule has 1 aliphatic heterocycles. The predicted octanol–water partition coefficient (Wildman–Crippen LogP) is 1.24. The van der Waals surface area contributed by atoms with Crippen molar-refractivity contribution in [1.29, 1.82) is 0 Å². The van der Waals surface area contributed by atoms with E-state index in [1.54, 1.807) is 0 Å². The van der Waals surface area contributed by atoms with Gasteiger partial charge >= 0.3 is 23.9 Å². The van der Waals surface area contributed by atoms with Crippen molar-refractivity contribution < 1.29 is 54.2 Å². The van der Waals surface area contributed by atoms with Crippen LogP contribution in [0.25, 0.3) is 6.08 Å². The van der Waals surface area contributed by atoms with Crippen LogP contribution in [0.4, 0.5) is 11.4 Å². The third-order valence-electron chi connectivity index (χ3n) is 5.42. The molecule has 194 valence electrons. The molecular weight excluding hydrogens is 494 g/mol. The van der Waals surface area contributed by atoms with Crippen molar-refractivity contribution in [3.05, 3.63) is 47.3 Å². The molecule has 14 nitrogen and oxygen atoms in total. The van der Waals surface area contributed by atoms with Crippen LogP contribution in [-0.2, 0) is 25.6 Å². The van der Waals surface area contributed by atoms with Crippen LogP contribution in [0, 0.1) is 0 Å². The van der Waals surface area contributed by atoms with E-state index < -0.39 is 53.8 Å². The third-order valence-corrected chi connectivity index (χ3v) is 5.42. The van der Waals surface area contributed by atoms with Gasteiger partial charge in [0.2, 0.25) is 5.88 Å². The molecule has 2 atom stereocenters. The topological polar surface area (TPSA) is 224 Å². The Bertz CT molecular complexity index is 1290. The van der Waals surface area contributed by atoms with Gasteiger partial charge in [0, 0.05) is 36.9 Å². The number of phenols is 1. The summed E-state index contributed by atoms with van der Waals surface area (Å²) in [4.78, 5) is 61.2. The second-order valence-corrected chi connectivity index (χ2v) is 7.89. The smallest absolute Gasteiger partial charge is 0.354 e. The summed E-state index contributed by atoms with van der Waals surface area (Å²) in [7, 11) is 0. The third kappa shape index (κ3) is 6.30. The number of hydrogen-bond donors (Lipinski definition) is 6. The zero-order valence-electron chi connectivity index (χ0n) is 18.9. The van der Waals surface area contributed by atoms with Crippen molar-refractivity contribution in [2.75, 3.05) is 10.2 Å². The fourth-order valence-corrected chi connectivity index (χ4v) is 3.73. The van der Waals surface area contributed by atoms with Gasteiger partial charge in [-0.2, -0.15) is 0 Å². The van der Waals surface area contributed by atoms with Crippen molar-refractivity contribution >= 4 is 47.8 Å². The quantitative estimate of drug-likeness (QED) is 0.173. The molecule has 1 aromatic carbocycles. The number of phenolic OH excluding ortho intramolecular Hbond substituents is 1. The van der Waals surface area contributed by atoms with E-state index in [9.17, 15) is 44.4 Å². The average molecular weight is 515 g/mol. The van der Waals surface area contributed by atoms with E-state index >= 15 is 0 Å². The summed E-state index contributed by atoms with van der Waals surface area (Å²) in [5.74, 6) is -5.78. The van der Waals surface area contributed by atoms with Crippen molar-refractivity contribution in [2.24, 2.45) is 0 Å². The first-order valence-corrected chi connectivity index (χ1v) is 10.6. The summed E-state index contributed by atoms with van der Waals surface area (Å²) < 4.78 is 4.62. The molecule has 0 radical (unpaired) electrons. The molecule has 2 aromatic rings. The minimum atomic E-state index is -1.38. The number of hydrogen-bond acceptors (Lipinski definition) is 10. The molecule has 3 rings (SSSR count). The van der Waals surface area contributed by atoms with Gasteiger partial charge in [-0.3, -0.25) is 9.59 Å². The van der Waals surface area contributed by atoms with Crippen LogP contribution >= 0.6 is 0 Å². The molecule has 0 saturated heterocycles. The first-order chi connectivity index (χ1) is 17.5. The minimum Gasteiger partial charge on any atom is -0.506 e. The van der Waals surface area contributed by atoms with Crippen molar-refractivity contribution in [3.8, 4) is 11.6 Å². The number of ether oxygens (including phenoxy) is 1. The van der Waals surface area contributed by atoms with Gasteiger partial charge in [-0.15, -0.1) is 0 Å². The molecule has 0 amide bonds. The number of aromatic nitrogens is 1. The van der Waals surface area contributed by atoms with Crippen LogP contribution in [0.2, 0.25) is 0 Å². The zero-order chi connectivity index (χ0) is 27.3. The molecule has 0 spiro atoms. The van der Waals surface area contributed by atoms with E-state index in [1.165, 1.54) is 41.4 Å². The molecule has 2 heterocycles. The van der Waals surface area contributed by atoms with E-state index in [0.717, 1.165) is 0 Å². The van der Waals surface area contributed by atoms with Gasteiger partial charge in [0.05, 0.1) is 5.69 Å². The second kappa shape index (κ2) is 11.1. The Kier molecular flexibility index (Phi) is 7.92. The first-order valence-electron chi connectivity index (χ1n) is 10.6. The molecule has 37 heavy (non-hydrogen) atoms. The Labute approximate surface area is 208 Å². The van der Waals surface area contributed by atoms with Crippen LogP contribution in [0.5, 0.6) is 11.6 Å². The number of nitrogens with zero attached hydrogens (tertiary/aromatic N) is 2. The number of carbonyl (C=O) groups is 5. The lowest BCUT2D eigenvalue weighted by Crippen LogP contribution is -2.34. The monoisotopic (exact) mass is 515 g/mol. The molecule has 0 aliphatic carbocycles. The van der Waals surface area contributed by atoms with Gasteiger partial charge < -0.3 is 40.5 Å². The summed E-state index contributed by atoms with van der Waals surface area (Å²) in [5.41, 5.74) is 0.543. The summed E-state index contributed by atoms with van der Waals surface area (Å²) in [6.45, 7) is 0.0730. The molecule has 14 heteroatoms. The average Bonchev–Trinajstić information content (AvgIpc) is 3.17. The number of carboxylic acid groups (broad SMARTS) is 4. The van der Waals surface area contributed by atoms with Gasteiger partial charge in [-0.05, 0) is 35.8 Å². The standard InChI is InChI=1S/C23H21N3O11/c27-10-37-19-6-11(5-15(25-19)22(33)34)3-4-26-16-9-18(28)14(7-12(16)8-17(26)23(35)36)24-13(21(31)32)1-2-20(29)30/h3-7,9-10,13,17,24,28H,1-2,8H2,(H,29,30)(H,31,32)(H,33,34)(H,35,36)/b4-3+/t13-,17-/m0/s1. The number of fused-ring (bicyclic) bond motifs is 1. The fraction of sp³-hybridized carbons (Fsp3) is 0.217. The number of nitrogens with one attached hydrogen (secondary N) is 1. The summed E-state index contributed by atoms with van der Waals surface area (Å²) in [6, 6.07) is 2.63. The van der Waals surface area contributed by atoms with Crippen molar-refractivity contribution in [2.45, 2.75) is 31.3 Å². The lowest BCUT2D eigenvalue weighted by molar-refractivity contribution is -0.140. The molecule has 6 N–H and O–H groups in total. The van der Waals surface area contributed by atoms with Crippen LogP contribution < -0.4 is 15.0 Å². The normalized spacial score (nSPS) is 15.1. The molecule has 1 aromatic heterocycles.